The van der Waals surface area contributed by atoms with Crippen molar-refractivity contribution >= 4 is 17.4 Å². The highest BCUT2D eigenvalue weighted by atomic mass is 19.4. The van der Waals surface area contributed by atoms with Crippen molar-refractivity contribution in [3.05, 3.63) is 77.9 Å². The number of anilines is 2. The smallest absolute Gasteiger partial charge is 0.416 e. The Hall–Kier alpha value is -3.33. The molecule has 0 atom stereocenters. The van der Waals surface area contributed by atoms with Crippen LogP contribution in [0.5, 0.6) is 0 Å². The Morgan fingerprint density at radius 1 is 1.03 bits per heavy atom. The third-order valence-corrected chi connectivity index (χ3v) is 5.35. The Bertz CT molecular complexity index is 1020. The molecule has 0 saturated carbocycles. The Morgan fingerprint density at radius 2 is 1.84 bits per heavy atom. The first kappa shape index (κ1) is 21.9. The van der Waals surface area contributed by atoms with Crippen molar-refractivity contribution in [2.24, 2.45) is 0 Å². The molecule has 1 amide bonds. The van der Waals surface area contributed by atoms with Gasteiger partial charge in [0.15, 0.2) is 0 Å². The van der Waals surface area contributed by atoms with Gasteiger partial charge in [-0.25, -0.2) is 4.98 Å². The summed E-state index contributed by atoms with van der Waals surface area (Å²) < 4.78 is 43.4. The predicted molar refractivity (Wildman–Crippen MR) is 114 cm³/mol. The van der Waals surface area contributed by atoms with Gasteiger partial charge >= 0.3 is 6.18 Å². The van der Waals surface area contributed by atoms with Crippen LogP contribution in [0, 0.1) is 0 Å². The number of carbonyl (C=O) groups is 1. The fourth-order valence-electron chi connectivity index (χ4n) is 3.64. The first-order chi connectivity index (χ1) is 15.4. The predicted octanol–water partition coefficient (Wildman–Crippen LogP) is 4.66. The molecule has 1 N–H and O–H groups in total. The molecule has 1 fully saturated rings. The average Bonchev–Trinajstić information content (AvgIpc) is 3.18. The van der Waals surface area contributed by atoms with Crippen molar-refractivity contribution in [3.63, 3.8) is 0 Å². The van der Waals surface area contributed by atoms with Crippen molar-refractivity contribution in [1.82, 2.24) is 9.88 Å². The number of rotatable bonds is 5. The van der Waals surface area contributed by atoms with Crippen LogP contribution in [0.2, 0.25) is 0 Å². The first-order valence-electron chi connectivity index (χ1n) is 10.3. The maximum absolute atomic E-state index is 12.7. The number of pyridine rings is 1. The molecule has 32 heavy (non-hydrogen) atoms. The molecule has 2 aromatic heterocycles. The van der Waals surface area contributed by atoms with Crippen LogP contribution in [0.3, 0.4) is 0 Å². The molecular formula is C23H23F3N4O2. The van der Waals surface area contributed by atoms with Gasteiger partial charge in [-0.3, -0.25) is 9.69 Å². The zero-order valence-electron chi connectivity index (χ0n) is 17.3. The summed E-state index contributed by atoms with van der Waals surface area (Å²) in [5, 5.41) is 2.67. The second-order valence-corrected chi connectivity index (χ2v) is 7.63. The van der Waals surface area contributed by atoms with Gasteiger partial charge in [-0.15, -0.1) is 0 Å². The van der Waals surface area contributed by atoms with Gasteiger partial charge in [0.25, 0.3) is 5.91 Å². The van der Waals surface area contributed by atoms with E-state index in [0.717, 1.165) is 75.0 Å². The third-order valence-electron chi connectivity index (χ3n) is 5.35. The summed E-state index contributed by atoms with van der Waals surface area (Å²) in [6, 6.07) is 11.6. The zero-order chi connectivity index (χ0) is 22.6. The topological polar surface area (TPSA) is 61.6 Å². The lowest BCUT2D eigenvalue weighted by Gasteiger charge is -2.22. The van der Waals surface area contributed by atoms with E-state index < -0.39 is 17.6 Å². The molecule has 1 saturated heterocycles. The Morgan fingerprint density at radius 3 is 2.50 bits per heavy atom. The minimum atomic E-state index is -4.43. The van der Waals surface area contributed by atoms with Crippen LogP contribution in [0.25, 0.3) is 0 Å². The Balaban J connectivity index is 1.33. The molecule has 0 spiro atoms. The van der Waals surface area contributed by atoms with Crippen LogP contribution in [0.1, 0.15) is 28.1 Å². The summed E-state index contributed by atoms with van der Waals surface area (Å²) in [4.78, 5) is 21.3. The second-order valence-electron chi connectivity index (χ2n) is 7.63. The third kappa shape index (κ3) is 5.47. The molecular weight excluding hydrogens is 421 g/mol. The van der Waals surface area contributed by atoms with Crippen LogP contribution >= 0.6 is 0 Å². The highest BCUT2D eigenvalue weighted by Crippen LogP contribution is 2.29. The molecule has 0 radical (unpaired) electrons. The fraction of sp³-hybridized carbons (Fsp3) is 0.304. The van der Waals surface area contributed by atoms with E-state index in [2.05, 4.69) is 20.1 Å². The number of hydrogen-bond donors (Lipinski definition) is 1. The standard InChI is InChI=1S/C23H23F3N4O2/c24-23(25,26)18-6-4-17(5-7-18)22(31)28-19-8-9-21(27-15-19)30-11-2-10-29(12-13-30)16-20-3-1-14-32-20/h1,3-9,14-15H,2,10-13,16H2,(H,28,31). The molecule has 3 aromatic rings. The molecule has 3 heterocycles. The van der Waals surface area contributed by atoms with E-state index in [-0.39, 0.29) is 5.56 Å². The molecule has 168 valence electrons. The van der Waals surface area contributed by atoms with Gasteiger partial charge in [-0.1, -0.05) is 0 Å². The molecule has 6 nitrogen and oxygen atoms in total. The van der Waals surface area contributed by atoms with Gasteiger partial charge in [0.2, 0.25) is 0 Å². The number of nitrogens with zero attached hydrogens (tertiary/aromatic N) is 3. The normalized spacial score (nSPS) is 15.4. The van der Waals surface area contributed by atoms with Gasteiger partial charge in [0, 0.05) is 31.7 Å². The van der Waals surface area contributed by atoms with Gasteiger partial charge in [-0.2, -0.15) is 13.2 Å². The highest BCUT2D eigenvalue weighted by Gasteiger charge is 2.30. The number of carbonyl (C=O) groups excluding carboxylic acids is 1. The number of benzene rings is 1. The number of furan rings is 1. The molecule has 4 rings (SSSR count). The summed E-state index contributed by atoms with van der Waals surface area (Å²) in [6.45, 7) is 4.33. The van der Waals surface area contributed by atoms with E-state index >= 15 is 0 Å². The maximum atomic E-state index is 12.7. The molecule has 9 heteroatoms. The monoisotopic (exact) mass is 444 g/mol. The number of alkyl halides is 3. The highest BCUT2D eigenvalue weighted by molar-refractivity contribution is 6.04. The van der Waals surface area contributed by atoms with Crippen LogP contribution in [-0.4, -0.2) is 42.0 Å². The fourth-order valence-corrected chi connectivity index (χ4v) is 3.64. The minimum absolute atomic E-state index is 0.145. The van der Waals surface area contributed by atoms with Crippen molar-refractivity contribution in [1.29, 1.82) is 0 Å². The first-order valence-corrected chi connectivity index (χ1v) is 10.3. The van der Waals surface area contributed by atoms with Gasteiger partial charge in [0.1, 0.15) is 11.6 Å². The second kappa shape index (κ2) is 9.44. The number of amides is 1. The van der Waals surface area contributed by atoms with E-state index in [4.69, 9.17) is 4.42 Å². The lowest BCUT2D eigenvalue weighted by Crippen LogP contribution is -2.30. The van der Waals surface area contributed by atoms with E-state index in [1.165, 1.54) is 0 Å². The summed E-state index contributed by atoms with van der Waals surface area (Å²) in [5.74, 6) is 1.28. The van der Waals surface area contributed by atoms with Crippen molar-refractivity contribution < 1.29 is 22.4 Å². The van der Waals surface area contributed by atoms with E-state index in [0.29, 0.717) is 5.69 Å². The van der Waals surface area contributed by atoms with Crippen molar-refractivity contribution in [2.45, 2.75) is 19.1 Å². The largest absolute Gasteiger partial charge is 0.468 e. The Labute approximate surface area is 183 Å². The summed E-state index contributed by atoms with van der Waals surface area (Å²) >= 11 is 0. The number of aromatic nitrogens is 1. The molecule has 0 aliphatic carbocycles. The maximum Gasteiger partial charge on any atom is 0.416 e. The molecule has 0 unspecified atom stereocenters. The average molecular weight is 444 g/mol. The molecule has 1 aliphatic heterocycles. The molecule has 1 aliphatic rings. The zero-order valence-corrected chi connectivity index (χ0v) is 17.3. The van der Waals surface area contributed by atoms with Gasteiger partial charge < -0.3 is 14.6 Å². The van der Waals surface area contributed by atoms with E-state index in [1.54, 1.807) is 18.5 Å². The molecule has 1 aromatic carbocycles. The number of nitrogens with one attached hydrogen (secondary N) is 1. The Kier molecular flexibility index (Phi) is 6.45. The van der Waals surface area contributed by atoms with Gasteiger partial charge in [-0.05, 0) is 55.0 Å². The van der Waals surface area contributed by atoms with Gasteiger partial charge in [0.05, 0.1) is 30.3 Å². The van der Waals surface area contributed by atoms with Crippen molar-refractivity contribution in [3.8, 4) is 0 Å². The lowest BCUT2D eigenvalue weighted by atomic mass is 10.1. The van der Waals surface area contributed by atoms with Crippen LogP contribution < -0.4 is 10.2 Å². The van der Waals surface area contributed by atoms with E-state index in [9.17, 15) is 18.0 Å². The van der Waals surface area contributed by atoms with Crippen molar-refractivity contribution in [2.75, 3.05) is 36.4 Å². The minimum Gasteiger partial charge on any atom is -0.468 e. The number of halogens is 3. The van der Waals surface area contributed by atoms with Crippen LogP contribution in [0.15, 0.2) is 65.4 Å². The number of hydrogen-bond acceptors (Lipinski definition) is 5. The summed E-state index contributed by atoms with van der Waals surface area (Å²) in [6.07, 6.45) is -0.198. The molecule has 0 bridgehead atoms. The quantitative estimate of drug-likeness (QED) is 0.620. The van der Waals surface area contributed by atoms with Crippen LogP contribution in [-0.2, 0) is 12.7 Å². The summed E-state index contributed by atoms with van der Waals surface area (Å²) in [5.41, 5.74) is -0.167. The lowest BCUT2D eigenvalue weighted by molar-refractivity contribution is -0.137. The van der Waals surface area contributed by atoms with Crippen LogP contribution in [0.4, 0.5) is 24.7 Å². The SMILES string of the molecule is O=C(Nc1ccc(N2CCCN(Cc3ccco3)CC2)nc1)c1ccc(C(F)(F)F)cc1. The van der Waals surface area contributed by atoms with E-state index in [1.807, 2.05) is 18.2 Å². The summed E-state index contributed by atoms with van der Waals surface area (Å²) in [7, 11) is 0.